The lowest BCUT2D eigenvalue weighted by molar-refractivity contribution is 0.0355. The highest BCUT2D eigenvalue weighted by Gasteiger charge is 2.19. The average molecular weight is 436 g/mol. The Morgan fingerprint density at radius 2 is 1.96 bits per heavy atom. The fourth-order valence-electron chi connectivity index (χ4n) is 3.10. The molecule has 1 amide bonds. The predicted molar refractivity (Wildman–Crippen MR) is 105 cm³/mol. The van der Waals surface area contributed by atoms with Gasteiger partial charge in [0.2, 0.25) is 0 Å². The largest absolute Gasteiger partial charge is 0.379 e. The molecule has 0 N–H and O–H groups in total. The second-order valence-corrected chi connectivity index (χ2v) is 7.37. The molecule has 0 radical (unpaired) electrons. The van der Waals surface area contributed by atoms with Crippen LogP contribution in [0.2, 0.25) is 0 Å². The van der Waals surface area contributed by atoms with Crippen LogP contribution in [0, 0.1) is 5.82 Å². The van der Waals surface area contributed by atoms with Gasteiger partial charge in [-0.3, -0.25) is 14.7 Å². The Labute approximate surface area is 167 Å². The summed E-state index contributed by atoms with van der Waals surface area (Å²) in [7, 11) is 0. The van der Waals surface area contributed by atoms with E-state index in [1.54, 1.807) is 12.4 Å². The highest BCUT2D eigenvalue weighted by Crippen LogP contribution is 2.21. The van der Waals surface area contributed by atoms with Gasteiger partial charge >= 0.3 is 0 Å². The fourth-order valence-corrected chi connectivity index (χ4v) is 3.62. The molecule has 0 saturated carbocycles. The third-order valence-electron chi connectivity index (χ3n) is 4.58. The summed E-state index contributed by atoms with van der Waals surface area (Å²) in [6, 6.07) is 7.98. The van der Waals surface area contributed by atoms with E-state index in [4.69, 9.17) is 4.74 Å². The lowest BCUT2D eigenvalue weighted by Gasteiger charge is -2.28. The number of rotatable bonds is 7. The standard InChI is InChI=1S/C20H23BrFN3O2/c21-19-14-17(22)2-3-18(19)20(26)25(15-16-4-6-23-7-5-16)9-1-8-24-10-12-27-13-11-24/h2-7,14H,1,8-13,15H2. The van der Waals surface area contributed by atoms with Crippen LogP contribution in [0.15, 0.2) is 47.2 Å². The first-order valence-electron chi connectivity index (χ1n) is 9.07. The topological polar surface area (TPSA) is 45.7 Å². The van der Waals surface area contributed by atoms with Crippen LogP contribution in [-0.4, -0.2) is 60.1 Å². The van der Waals surface area contributed by atoms with Gasteiger partial charge in [0.25, 0.3) is 5.91 Å². The van der Waals surface area contributed by atoms with Crippen LogP contribution in [0.25, 0.3) is 0 Å². The van der Waals surface area contributed by atoms with Gasteiger partial charge in [-0.25, -0.2) is 4.39 Å². The molecule has 1 aliphatic rings. The Morgan fingerprint density at radius 3 is 2.67 bits per heavy atom. The molecule has 0 aliphatic carbocycles. The molecule has 1 aromatic heterocycles. The number of carbonyl (C=O) groups is 1. The number of ether oxygens (including phenoxy) is 1. The van der Waals surface area contributed by atoms with Crippen molar-refractivity contribution in [3.05, 3.63) is 64.1 Å². The molecular formula is C20H23BrFN3O2. The molecule has 0 spiro atoms. The lowest BCUT2D eigenvalue weighted by Crippen LogP contribution is -2.39. The first kappa shape index (κ1) is 19.9. The third kappa shape index (κ3) is 5.82. The predicted octanol–water partition coefficient (Wildman–Crippen LogP) is 3.35. The molecule has 1 fully saturated rings. The number of hydrogen-bond donors (Lipinski definition) is 0. The van der Waals surface area contributed by atoms with Gasteiger partial charge in [0.05, 0.1) is 18.8 Å². The van der Waals surface area contributed by atoms with E-state index in [1.165, 1.54) is 18.2 Å². The van der Waals surface area contributed by atoms with E-state index in [2.05, 4.69) is 25.8 Å². The summed E-state index contributed by atoms with van der Waals surface area (Å²) < 4.78 is 19.2. The Balaban J connectivity index is 1.69. The van der Waals surface area contributed by atoms with E-state index in [-0.39, 0.29) is 11.7 Å². The summed E-state index contributed by atoms with van der Waals surface area (Å²) in [6.45, 7) is 5.44. The Hall–Kier alpha value is -1.83. The Kier molecular flexibility index (Phi) is 7.32. The molecular weight excluding hydrogens is 413 g/mol. The van der Waals surface area contributed by atoms with Crippen molar-refractivity contribution >= 4 is 21.8 Å². The number of amides is 1. The summed E-state index contributed by atoms with van der Waals surface area (Å²) in [5.41, 5.74) is 1.49. The zero-order valence-electron chi connectivity index (χ0n) is 15.1. The van der Waals surface area contributed by atoms with Gasteiger partial charge in [0, 0.05) is 49.6 Å². The van der Waals surface area contributed by atoms with Crippen molar-refractivity contribution in [1.29, 1.82) is 0 Å². The highest BCUT2D eigenvalue weighted by atomic mass is 79.9. The van der Waals surface area contributed by atoms with Crippen LogP contribution in [0.4, 0.5) is 4.39 Å². The van der Waals surface area contributed by atoms with Gasteiger partial charge in [0.15, 0.2) is 0 Å². The minimum absolute atomic E-state index is 0.110. The van der Waals surface area contributed by atoms with Crippen LogP contribution < -0.4 is 0 Å². The average Bonchev–Trinajstić information content (AvgIpc) is 2.68. The Bertz CT molecular complexity index is 754. The van der Waals surface area contributed by atoms with Crippen molar-refractivity contribution in [3.8, 4) is 0 Å². The van der Waals surface area contributed by atoms with Gasteiger partial charge in [-0.05, 0) is 58.2 Å². The third-order valence-corrected chi connectivity index (χ3v) is 5.23. The number of pyridine rings is 1. The number of benzene rings is 1. The van der Waals surface area contributed by atoms with E-state index in [1.807, 2.05) is 17.0 Å². The number of hydrogen-bond acceptors (Lipinski definition) is 4. The molecule has 3 rings (SSSR count). The quantitative estimate of drug-likeness (QED) is 0.668. The molecule has 5 nitrogen and oxygen atoms in total. The zero-order valence-corrected chi connectivity index (χ0v) is 16.7. The Morgan fingerprint density at radius 1 is 1.22 bits per heavy atom. The molecule has 2 heterocycles. The van der Waals surface area contributed by atoms with E-state index < -0.39 is 0 Å². The summed E-state index contributed by atoms with van der Waals surface area (Å²) in [6.07, 6.45) is 4.31. The van der Waals surface area contributed by atoms with Crippen LogP contribution in [-0.2, 0) is 11.3 Å². The first-order valence-corrected chi connectivity index (χ1v) is 9.86. The van der Waals surface area contributed by atoms with E-state index >= 15 is 0 Å². The number of carbonyl (C=O) groups excluding carboxylic acids is 1. The molecule has 27 heavy (non-hydrogen) atoms. The van der Waals surface area contributed by atoms with Crippen molar-refractivity contribution in [3.63, 3.8) is 0 Å². The van der Waals surface area contributed by atoms with Crippen molar-refractivity contribution in [1.82, 2.24) is 14.8 Å². The van der Waals surface area contributed by atoms with Crippen molar-refractivity contribution in [2.75, 3.05) is 39.4 Å². The molecule has 1 saturated heterocycles. The normalized spacial score (nSPS) is 14.9. The summed E-state index contributed by atoms with van der Waals surface area (Å²) >= 11 is 3.31. The molecule has 1 aromatic carbocycles. The lowest BCUT2D eigenvalue weighted by atomic mass is 10.1. The van der Waals surface area contributed by atoms with Crippen molar-refractivity contribution < 1.29 is 13.9 Å². The molecule has 144 valence electrons. The number of aromatic nitrogens is 1. The van der Waals surface area contributed by atoms with Crippen LogP contribution in [0.5, 0.6) is 0 Å². The second kappa shape index (κ2) is 9.92. The van der Waals surface area contributed by atoms with Gasteiger partial charge in [-0.1, -0.05) is 0 Å². The van der Waals surface area contributed by atoms with Crippen LogP contribution >= 0.6 is 15.9 Å². The van der Waals surface area contributed by atoms with Crippen molar-refractivity contribution in [2.24, 2.45) is 0 Å². The molecule has 2 aromatic rings. The number of morpholine rings is 1. The molecule has 1 aliphatic heterocycles. The number of halogens is 2. The first-order chi connectivity index (χ1) is 13.1. The molecule has 0 bridgehead atoms. The number of nitrogens with zero attached hydrogens (tertiary/aromatic N) is 3. The highest BCUT2D eigenvalue weighted by molar-refractivity contribution is 9.10. The summed E-state index contributed by atoms with van der Waals surface area (Å²) in [5, 5.41) is 0. The smallest absolute Gasteiger partial charge is 0.255 e. The van der Waals surface area contributed by atoms with Crippen LogP contribution in [0.1, 0.15) is 22.3 Å². The van der Waals surface area contributed by atoms with Crippen molar-refractivity contribution in [2.45, 2.75) is 13.0 Å². The minimum Gasteiger partial charge on any atom is -0.379 e. The summed E-state index contributed by atoms with van der Waals surface area (Å²) in [5.74, 6) is -0.480. The van der Waals surface area contributed by atoms with E-state index in [0.29, 0.717) is 23.1 Å². The molecule has 0 unspecified atom stereocenters. The maximum atomic E-state index is 13.4. The zero-order chi connectivity index (χ0) is 19.1. The van der Waals surface area contributed by atoms with Gasteiger partial charge in [0.1, 0.15) is 5.82 Å². The SMILES string of the molecule is O=C(c1ccc(F)cc1Br)N(CCCN1CCOCC1)Cc1ccncc1. The maximum absolute atomic E-state index is 13.4. The van der Waals surface area contributed by atoms with E-state index in [0.717, 1.165) is 44.8 Å². The van der Waals surface area contributed by atoms with Gasteiger partial charge in [-0.15, -0.1) is 0 Å². The van der Waals surface area contributed by atoms with Gasteiger partial charge < -0.3 is 9.64 Å². The monoisotopic (exact) mass is 435 g/mol. The second-order valence-electron chi connectivity index (χ2n) is 6.51. The van der Waals surface area contributed by atoms with Gasteiger partial charge in [-0.2, -0.15) is 0 Å². The maximum Gasteiger partial charge on any atom is 0.255 e. The summed E-state index contributed by atoms with van der Waals surface area (Å²) in [4.78, 5) is 21.3. The minimum atomic E-state index is -0.369. The van der Waals surface area contributed by atoms with E-state index in [9.17, 15) is 9.18 Å². The molecule has 0 atom stereocenters. The van der Waals surface area contributed by atoms with Crippen LogP contribution in [0.3, 0.4) is 0 Å². The molecule has 7 heteroatoms. The fraction of sp³-hybridized carbons (Fsp3) is 0.400.